The molecule has 0 heterocycles. The Hall–Kier alpha value is -3.01. The zero-order chi connectivity index (χ0) is 16.4. The molecule has 0 aliphatic heterocycles. The fourth-order valence-electron chi connectivity index (χ4n) is 1.49. The highest BCUT2D eigenvalue weighted by molar-refractivity contribution is 5.85. The van der Waals surface area contributed by atoms with E-state index in [2.05, 4.69) is 16.0 Å². The number of ether oxygens (including phenoxy) is 2. The summed E-state index contributed by atoms with van der Waals surface area (Å²) in [6, 6.07) is 7.51. The average molecular weight is 305 g/mol. The van der Waals surface area contributed by atoms with E-state index in [4.69, 9.17) is 16.3 Å². The van der Waals surface area contributed by atoms with Crippen molar-refractivity contribution in [3.05, 3.63) is 35.9 Å². The second kappa shape index (κ2) is 9.02. The van der Waals surface area contributed by atoms with E-state index < -0.39 is 30.5 Å². The van der Waals surface area contributed by atoms with Gasteiger partial charge in [0.05, 0.1) is 6.42 Å². The number of hydrogen-bond donors (Lipinski definition) is 2. The molecule has 1 rings (SSSR count). The molecular weight excluding hydrogens is 290 g/mol. The Labute approximate surface area is 127 Å². The van der Waals surface area contributed by atoms with E-state index >= 15 is 0 Å². The lowest BCUT2D eigenvalue weighted by atomic mass is 10.2. The van der Waals surface area contributed by atoms with Crippen molar-refractivity contribution in [1.82, 2.24) is 5.32 Å². The fraction of sp³-hybridized carbons (Fsp3) is 0.267. The summed E-state index contributed by atoms with van der Waals surface area (Å²) in [5.41, 5.74) is 0.752. The van der Waals surface area contributed by atoms with Crippen LogP contribution in [0.4, 0.5) is 4.79 Å². The number of carboxylic acids is 1. The summed E-state index contributed by atoms with van der Waals surface area (Å²) in [6.07, 6.45) is 3.38. The van der Waals surface area contributed by atoms with Crippen LogP contribution in [-0.4, -0.2) is 35.8 Å². The third-order valence-corrected chi connectivity index (χ3v) is 2.47. The van der Waals surface area contributed by atoms with Crippen LogP contribution in [0.3, 0.4) is 0 Å². The first kappa shape index (κ1) is 17.0. The number of benzene rings is 1. The Kier molecular flexibility index (Phi) is 6.99. The third-order valence-electron chi connectivity index (χ3n) is 2.47. The molecule has 0 aliphatic rings. The van der Waals surface area contributed by atoms with Crippen molar-refractivity contribution >= 4 is 18.0 Å². The molecule has 7 heteroatoms. The predicted octanol–water partition coefficient (Wildman–Crippen LogP) is 0.933. The van der Waals surface area contributed by atoms with Crippen LogP contribution in [0.25, 0.3) is 0 Å². The number of carbonyl (C=O) groups is 3. The number of aliphatic carboxylic acids is 1. The molecular formula is C15H15NO6. The maximum atomic E-state index is 11.6. The molecule has 1 amide bonds. The van der Waals surface area contributed by atoms with Gasteiger partial charge in [0, 0.05) is 0 Å². The van der Waals surface area contributed by atoms with Crippen LogP contribution >= 0.6 is 0 Å². The lowest BCUT2D eigenvalue weighted by molar-refractivity contribution is -0.149. The van der Waals surface area contributed by atoms with Gasteiger partial charge < -0.3 is 19.9 Å². The average Bonchev–Trinajstić information content (AvgIpc) is 2.50. The van der Waals surface area contributed by atoms with Gasteiger partial charge in [-0.25, -0.2) is 9.59 Å². The number of alkyl carbamates (subject to hydrolysis) is 1. The highest BCUT2D eigenvalue weighted by Gasteiger charge is 2.25. The number of terminal acetylenes is 1. The first-order chi connectivity index (χ1) is 10.5. The summed E-state index contributed by atoms with van der Waals surface area (Å²) in [4.78, 5) is 33.9. The van der Waals surface area contributed by atoms with Gasteiger partial charge in [-0.05, 0) is 5.56 Å². The zero-order valence-electron chi connectivity index (χ0n) is 11.7. The Balaban J connectivity index is 2.53. The smallest absolute Gasteiger partial charge is 0.408 e. The van der Waals surface area contributed by atoms with Crippen molar-refractivity contribution in [2.75, 3.05) is 6.61 Å². The van der Waals surface area contributed by atoms with Crippen LogP contribution < -0.4 is 5.32 Å². The monoisotopic (exact) mass is 305 g/mol. The molecule has 1 atom stereocenters. The van der Waals surface area contributed by atoms with Gasteiger partial charge in [0.25, 0.3) is 0 Å². The van der Waals surface area contributed by atoms with Crippen molar-refractivity contribution < 1.29 is 29.0 Å². The van der Waals surface area contributed by atoms with E-state index in [-0.39, 0.29) is 13.2 Å². The molecule has 1 aromatic rings. The highest BCUT2D eigenvalue weighted by Crippen LogP contribution is 2.02. The first-order valence-electron chi connectivity index (χ1n) is 6.32. The maximum Gasteiger partial charge on any atom is 0.408 e. The minimum atomic E-state index is -1.37. The molecule has 0 unspecified atom stereocenters. The zero-order valence-corrected chi connectivity index (χ0v) is 11.7. The maximum absolute atomic E-state index is 11.6. The second-order valence-corrected chi connectivity index (χ2v) is 4.17. The third kappa shape index (κ3) is 6.43. The molecule has 0 aliphatic carbocycles. The standard InChI is InChI=1S/C15H15NO6/c1-2-8-21-14(19)12(9-13(17)18)16-15(20)22-10-11-6-4-3-5-7-11/h1,3-7,12H,8-10H2,(H,16,20)(H,17,18)/t12-/m0/s1. The first-order valence-corrected chi connectivity index (χ1v) is 6.32. The van der Waals surface area contributed by atoms with Gasteiger partial charge in [-0.15, -0.1) is 6.42 Å². The molecule has 116 valence electrons. The van der Waals surface area contributed by atoms with Gasteiger partial charge in [-0.1, -0.05) is 36.3 Å². The van der Waals surface area contributed by atoms with E-state index in [1.807, 2.05) is 6.07 Å². The lowest BCUT2D eigenvalue weighted by Gasteiger charge is -2.15. The van der Waals surface area contributed by atoms with E-state index in [1.165, 1.54) is 0 Å². The van der Waals surface area contributed by atoms with Gasteiger partial charge in [0.1, 0.15) is 12.6 Å². The summed E-state index contributed by atoms with van der Waals surface area (Å²) in [6.45, 7) is -0.318. The van der Waals surface area contributed by atoms with Crippen molar-refractivity contribution in [1.29, 1.82) is 0 Å². The number of hydrogen-bond acceptors (Lipinski definition) is 5. The number of nitrogens with one attached hydrogen (secondary N) is 1. The number of rotatable bonds is 7. The number of esters is 1. The topological polar surface area (TPSA) is 102 Å². The Morgan fingerprint density at radius 1 is 1.23 bits per heavy atom. The summed E-state index contributed by atoms with van der Waals surface area (Å²) in [5.74, 6) is -0.133. The molecule has 0 saturated heterocycles. The van der Waals surface area contributed by atoms with E-state index in [9.17, 15) is 14.4 Å². The van der Waals surface area contributed by atoms with Crippen LogP contribution in [0.15, 0.2) is 30.3 Å². The summed E-state index contributed by atoms with van der Waals surface area (Å²) in [7, 11) is 0. The van der Waals surface area contributed by atoms with Crippen LogP contribution in [0.5, 0.6) is 0 Å². The number of carbonyl (C=O) groups excluding carboxylic acids is 2. The minimum absolute atomic E-state index is 0.00807. The molecule has 1 aromatic carbocycles. The Bertz CT molecular complexity index is 563. The summed E-state index contributed by atoms with van der Waals surface area (Å²) < 4.78 is 9.51. The SMILES string of the molecule is C#CCOC(=O)[C@H](CC(=O)O)NC(=O)OCc1ccccc1. The van der Waals surface area contributed by atoms with Gasteiger partial charge in [-0.2, -0.15) is 0 Å². The molecule has 0 bridgehead atoms. The van der Waals surface area contributed by atoms with Crippen LogP contribution in [0.1, 0.15) is 12.0 Å². The highest BCUT2D eigenvalue weighted by atomic mass is 16.6. The molecule has 0 spiro atoms. The molecule has 0 radical (unpaired) electrons. The second-order valence-electron chi connectivity index (χ2n) is 4.17. The van der Waals surface area contributed by atoms with Gasteiger partial charge in [0.2, 0.25) is 0 Å². The van der Waals surface area contributed by atoms with Crippen molar-refractivity contribution in [3.8, 4) is 12.3 Å². The van der Waals surface area contributed by atoms with Crippen LogP contribution in [0.2, 0.25) is 0 Å². The van der Waals surface area contributed by atoms with Crippen LogP contribution in [-0.2, 0) is 25.7 Å². The fourth-order valence-corrected chi connectivity index (χ4v) is 1.49. The lowest BCUT2D eigenvalue weighted by Crippen LogP contribution is -2.43. The van der Waals surface area contributed by atoms with Gasteiger partial charge in [-0.3, -0.25) is 4.79 Å². The van der Waals surface area contributed by atoms with E-state index in [1.54, 1.807) is 24.3 Å². The van der Waals surface area contributed by atoms with Crippen LogP contribution in [0, 0.1) is 12.3 Å². The quantitative estimate of drug-likeness (QED) is 0.574. The largest absolute Gasteiger partial charge is 0.481 e. The van der Waals surface area contributed by atoms with Crippen molar-refractivity contribution in [2.24, 2.45) is 0 Å². The van der Waals surface area contributed by atoms with Crippen molar-refractivity contribution in [3.63, 3.8) is 0 Å². The van der Waals surface area contributed by atoms with Crippen molar-refractivity contribution in [2.45, 2.75) is 19.1 Å². The summed E-state index contributed by atoms with van der Waals surface area (Å²) >= 11 is 0. The number of carboxylic acid groups (broad SMARTS) is 1. The van der Waals surface area contributed by atoms with E-state index in [0.29, 0.717) is 0 Å². The van der Waals surface area contributed by atoms with Gasteiger partial charge >= 0.3 is 18.0 Å². The predicted molar refractivity (Wildman–Crippen MR) is 75.6 cm³/mol. The molecule has 0 aromatic heterocycles. The normalized spacial score (nSPS) is 10.9. The molecule has 0 saturated carbocycles. The summed E-state index contributed by atoms with van der Waals surface area (Å²) in [5, 5.41) is 10.9. The van der Waals surface area contributed by atoms with Gasteiger partial charge in [0.15, 0.2) is 6.61 Å². The molecule has 2 N–H and O–H groups in total. The molecule has 22 heavy (non-hydrogen) atoms. The molecule has 0 fully saturated rings. The molecule has 7 nitrogen and oxygen atoms in total. The number of amides is 1. The Morgan fingerprint density at radius 2 is 1.91 bits per heavy atom. The van der Waals surface area contributed by atoms with E-state index in [0.717, 1.165) is 5.56 Å². The minimum Gasteiger partial charge on any atom is -0.481 e. The Morgan fingerprint density at radius 3 is 2.50 bits per heavy atom.